The van der Waals surface area contributed by atoms with Crippen molar-refractivity contribution in [1.82, 2.24) is 5.32 Å². The number of ether oxygens (including phenoxy) is 6. The van der Waals surface area contributed by atoms with E-state index in [9.17, 15) is 28.8 Å². The number of nitrogens with zero attached hydrogens (tertiary/aromatic N) is 3. The second-order valence-corrected chi connectivity index (χ2v) is 19.5. The number of carbonyl (C=O) groups excluding carboxylic acids is 6. The van der Waals surface area contributed by atoms with Crippen LogP contribution < -0.4 is 5.32 Å². The Kier molecular flexibility index (Phi) is 14.6. The average Bonchev–Trinajstić information content (AvgIpc) is 3.90. The maximum Gasteiger partial charge on any atom is 0.306 e. The molecule has 8 bridgehead atoms. The molecular weight excluding hydrogens is 825 g/mol. The number of fused-ring (bicyclic) bond motifs is 6. The van der Waals surface area contributed by atoms with E-state index >= 15 is 0 Å². The zero-order valence-electron chi connectivity index (χ0n) is 40.2. The molecule has 5 rings (SSSR count). The van der Waals surface area contributed by atoms with E-state index in [1.165, 1.54) is 42.7 Å². The van der Waals surface area contributed by atoms with Crippen molar-refractivity contribution in [3.8, 4) is 0 Å². The minimum atomic E-state index is -1.29. The molecule has 0 aliphatic carbocycles. The van der Waals surface area contributed by atoms with E-state index < -0.39 is 74.9 Å². The number of hydrogen-bond donors (Lipinski definition) is 1. The van der Waals surface area contributed by atoms with Gasteiger partial charge in [0.2, 0.25) is 0 Å². The van der Waals surface area contributed by atoms with Gasteiger partial charge >= 0.3 is 35.8 Å². The summed E-state index contributed by atoms with van der Waals surface area (Å²) in [6.45, 7) is 16.0. The lowest BCUT2D eigenvalue weighted by atomic mass is 9.55. The predicted molar refractivity (Wildman–Crippen MR) is 238 cm³/mol. The summed E-state index contributed by atoms with van der Waals surface area (Å²) in [5.41, 5.74) is 0.785. The largest absolute Gasteiger partial charge is 0.469 e. The molecule has 0 amide bonds. The Morgan fingerprint density at radius 1 is 0.688 bits per heavy atom. The molecule has 0 saturated carbocycles. The fraction of sp³-hybridized carbons (Fsp3) is 0.688. The Bertz CT molecular complexity index is 2150. The molecule has 0 aromatic carbocycles. The monoisotopic (exact) mass is 892 g/mol. The van der Waals surface area contributed by atoms with E-state index in [4.69, 9.17) is 43.4 Å². The molecule has 64 heavy (non-hydrogen) atoms. The van der Waals surface area contributed by atoms with Gasteiger partial charge in [0.05, 0.1) is 73.5 Å². The van der Waals surface area contributed by atoms with Crippen molar-refractivity contribution in [1.29, 1.82) is 0 Å². The van der Waals surface area contributed by atoms with Gasteiger partial charge in [-0.05, 0) is 63.7 Å². The van der Waals surface area contributed by atoms with Gasteiger partial charge in [-0.3, -0.25) is 43.7 Å². The SMILES string of the molecule is COC(=O)CC[C@@H]1C2=C(C)C3=NC([C@H](CC(=O)OC)[C@@]3(C)CCC(=O)OC)[C@]3(C)N=C(/C(C)=C4\NC(=CC(=N2)C1(C)C)C[C@]4(C)CC(=O)OC)[C@@H](CCC(=O)OC)[C@]3(C)CC(=O)OC. The lowest BCUT2D eigenvalue weighted by Gasteiger charge is -2.48. The van der Waals surface area contributed by atoms with Crippen LogP contribution in [-0.4, -0.2) is 107 Å². The molecule has 1 N–H and O–H groups in total. The summed E-state index contributed by atoms with van der Waals surface area (Å²) >= 11 is 0. The summed E-state index contributed by atoms with van der Waals surface area (Å²) in [5, 5.41) is 3.69. The van der Waals surface area contributed by atoms with Crippen LogP contribution in [0.4, 0.5) is 0 Å². The highest BCUT2D eigenvalue weighted by Gasteiger charge is 2.66. The maximum atomic E-state index is 13.8. The molecule has 5 heterocycles. The fourth-order valence-corrected chi connectivity index (χ4v) is 11.4. The molecule has 0 radical (unpaired) electrons. The normalized spacial score (nSPS) is 32.5. The first-order valence-electron chi connectivity index (χ1n) is 22.0. The maximum absolute atomic E-state index is 13.8. The summed E-state index contributed by atoms with van der Waals surface area (Å²) in [6.07, 6.45) is 3.17. The summed E-state index contributed by atoms with van der Waals surface area (Å²) in [4.78, 5) is 96.4. The molecule has 1 fully saturated rings. The third-order valence-corrected chi connectivity index (χ3v) is 15.5. The van der Waals surface area contributed by atoms with Gasteiger partial charge in [-0.1, -0.05) is 34.6 Å². The molecule has 5 aliphatic heterocycles. The van der Waals surface area contributed by atoms with Gasteiger partial charge in [0.25, 0.3) is 0 Å². The van der Waals surface area contributed by atoms with Crippen LogP contribution in [0.1, 0.15) is 120 Å². The second-order valence-electron chi connectivity index (χ2n) is 19.5. The van der Waals surface area contributed by atoms with Crippen LogP contribution in [0.5, 0.6) is 0 Å². The van der Waals surface area contributed by atoms with Gasteiger partial charge in [0.15, 0.2) is 0 Å². The van der Waals surface area contributed by atoms with Gasteiger partial charge in [-0.25, -0.2) is 0 Å². The van der Waals surface area contributed by atoms with E-state index in [2.05, 4.69) is 19.2 Å². The molecule has 0 aromatic heterocycles. The van der Waals surface area contributed by atoms with Crippen LogP contribution in [0, 0.1) is 39.4 Å². The van der Waals surface area contributed by atoms with E-state index in [1.807, 2.05) is 47.6 Å². The van der Waals surface area contributed by atoms with Gasteiger partial charge in [-0.15, -0.1) is 0 Å². The molecule has 16 heteroatoms. The van der Waals surface area contributed by atoms with Gasteiger partial charge < -0.3 is 33.7 Å². The summed E-state index contributed by atoms with van der Waals surface area (Å²) in [5.74, 6) is -4.20. The number of esters is 6. The van der Waals surface area contributed by atoms with E-state index in [-0.39, 0.29) is 63.3 Å². The molecule has 1 saturated heterocycles. The number of allylic oxidation sites excluding steroid dienone is 6. The van der Waals surface area contributed by atoms with Crippen molar-refractivity contribution in [2.24, 2.45) is 54.4 Å². The van der Waals surface area contributed by atoms with E-state index in [0.717, 1.165) is 28.3 Å². The Labute approximate surface area is 377 Å². The van der Waals surface area contributed by atoms with Gasteiger partial charge in [0.1, 0.15) is 0 Å². The number of nitrogens with one attached hydrogen (secondary N) is 1. The van der Waals surface area contributed by atoms with Crippen LogP contribution in [0.25, 0.3) is 0 Å². The molecule has 16 nitrogen and oxygen atoms in total. The van der Waals surface area contributed by atoms with Crippen LogP contribution in [0.3, 0.4) is 0 Å². The van der Waals surface area contributed by atoms with Crippen molar-refractivity contribution >= 4 is 53.0 Å². The van der Waals surface area contributed by atoms with Crippen LogP contribution >= 0.6 is 0 Å². The Hall–Kier alpha value is -5.15. The van der Waals surface area contributed by atoms with Crippen molar-refractivity contribution in [3.63, 3.8) is 0 Å². The number of rotatable bonds is 15. The minimum Gasteiger partial charge on any atom is -0.469 e. The molecular formula is C48H68N4O12. The van der Waals surface area contributed by atoms with Gasteiger partial charge in [-0.2, -0.15) is 0 Å². The predicted octanol–water partition coefficient (Wildman–Crippen LogP) is 6.36. The highest BCUT2D eigenvalue weighted by atomic mass is 16.5. The first-order chi connectivity index (χ1) is 29.9. The number of methoxy groups -OCH3 is 6. The Morgan fingerprint density at radius 3 is 1.78 bits per heavy atom. The van der Waals surface area contributed by atoms with E-state index in [0.29, 0.717) is 30.0 Å². The topological polar surface area (TPSA) is 207 Å². The van der Waals surface area contributed by atoms with Crippen LogP contribution in [0.15, 0.2) is 49.3 Å². The summed E-state index contributed by atoms with van der Waals surface area (Å²) in [7, 11) is 8.01. The zero-order valence-corrected chi connectivity index (χ0v) is 40.2. The highest BCUT2D eigenvalue weighted by molar-refractivity contribution is 6.10. The number of hydrogen-bond acceptors (Lipinski definition) is 16. The summed E-state index contributed by atoms with van der Waals surface area (Å²) in [6, 6.07) is -0.825. The third kappa shape index (κ3) is 8.81. The van der Waals surface area contributed by atoms with E-state index in [1.54, 1.807) is 0 Å². The van der Waals surface area contributed by atoms with Crippen molar-refractivity contribution in [2.75, 3.05) is 42.7 Å². The fourth-order valence-electron chi connectivity index (χ4n) is 11.4. The third-order valence-electron chi connectivity index (χ3n) is 15.5. The van der Waals surface area contributed by atoms with Crippen molar-refractivity contribution in [3.05, 3.63) is 34.3 Å². The molecule has 8 atom stereocenters. The lowest BCUT2D eigenvalue weighted by molar-refractivity contribution is -0.147. The molecule has 352 valence electrons. The van der Waals surface area contributed by atoms with Crippen LogP contribution in [-0.2, 0) is 57.2 Å². The Morgan fingerprint density at radius 2 is 1.22 bits per heavy atom. The lowest BCUT2D eigenvalue weighted by Crippen LogP contribution is -2.55. The second kappa shape index (κ2) is 18.8. The first-order valence-corrected chi connectivity index (χ1v) is 22.0. The first kappa shape index (κ1) is 49.9. The summed E-state index contributed by atoms with van der Waals surface area (Å²) < 4.78 is 31.4. The average molecular weight is 893 g/mol. The smallest absolute Gasteiger partial charge is 0.306 e. The quantitative estimate of drug-likeness (QED) is 0.141. The Balaban J connectivity index is 1.98. The van der Waals surface area contributed by atoms with Crippen molar-refractivity contribution < 1.29 is 57.2 Å². The molecule has 1 unspecified atom stereocenters. The number of aliphatic imine (C=N–C) groups is 3. The standard InChI is InChI=1S/C48H68N4O12/c1-26-39-29(15-17-33(53)59-9)44(3,4)32(50-39)21-28-23-45(5,24-37(57)63-13)41(49-28)27(2)40-30(16-18-34(54)60-10)47(7,25-38(58)64-14)48(8,52-40)43-31(22-36(56)62-12)46(6,42(26)51-43)20-19-35(55)61-11/h21,29-31,43,49H,15-20,22-25H2,1-14H3/b28-21?,39-26?,41-27-/t29-,30-,31+,43?,45-,46-,47+,48+/m1/s1. The highest BCUT2D eigenvalue weighted by Crippen LogP contribution is 2.62. The van der Waals surface area contributed by atoms with Crippen molar-refractivity contribution in [2.45, 2.75) is 131 Å². The molecule has 5 aliphatic rings. The minimum absolute atomic E-state index is 0.00102. The molecule has 0 spiro atoms. The van der Waals surface area contributed by atoms with Crippen LogP contribution in [0.2, 0.25) is 0 Å². The zero-order chi connectivity index (χ0) is 47.7. The molecule has 0 aromatic rings. The van der Waals surface area contributed by atoms with Gasteiger partial charge in [0, 0.05) is 92.9 Å². The number of carbonyl (C=O) groups is 6.